The van der Waals surface area contributed by atoms with Gasteiger partial charge in [0.05, 0.1) is 17.1 Å². The van der Waals surface area contributed by atoms with Crippen molar-refractivity contribution in [1.82, 2.24) is 19.9 Å². The van der Waals surface area contributed by atoms with Gasteiger partial charge in [0.2, 0.25) is 0 Å². The SMILES string of the molecule is Cc1cc(-c2nc3cc(CNC(CC(C)C)C(=O)OC(C)C)ccc3n2CC2CCOCC2)c[nH]c1=O. The van der Waals surface area contributed by atoms with Crippen LogP contribution in [-0.4, -0.2) is 45.9 Å². The lowest BCUT2D eigenvalue weighted by Gasteiger charge is -2.23. The van der Waals surface area contributed by atoms with E-state index in [9.17, 15) is 9.59 Å². The smallest absolute Gasteiger partial charge is 0.323 e. The van der Waals surface area contributed by atoms with Gasteiger partial charge in [-0.05, 0) is 75.6 Å². The Kier molecular flexibility index (Phi) is 8.82. The number of aryl methyl sites for hydroxylation is 1. The molecule has 1 aromatic carbocycles. The number of carbonyl (C=O) groups is 1. The number of aromatic amines is 1. The van der Waals surface area contributed by atoms with Crippen LogP contribution in [0.1, 0.15) is 58.1 Å². The van der Waals surface area contributed by atoms with E-state index < -0.39 is 0 Å². The molecular weight excluding hydrogens is 468 g/mol. The number of rotatable bonds is 10. The fourth-order valence-corrected chi connectivity index (χ4v) is 4.89. The van der Waals surface area contributed by atoms with Crippen molar-refractivity contribution >= 4 is 17.0 Å². The maximum atomic E-state index is 12.6. The Bertz CT molecular complexity index is 1270. The Hall–Kier alpha value is -2.97. The summed E-state index contributed by atoms with van der Waals surface area (Å²) in [6, 6.07) is 7.85. The second-order valence-corrected chi connectivity index (χ2v) is 10.9. The molecule has 2 aromatic heterocycles. The molecule has 1 saturated heterocycles. The zero-order chi connectivity index (χ0) is 26.5. The van der Waals surface area contributed by atoms with Gasteiger partial charge in [0.1, 0.15) is 11.9 Å². The molecule has 0 spiro atoms. The molecule has 0 radical (unpaired) electrons. The van der Waals surface area contributed by atoms with Gasteiger partial charge in [0.25, 0.3) is 5.56 Å². The van der Waals surface area contributed by atoms with Gasteiger partial charge < -0.3 is 24.3 Å². The predicted octanol–water partition coefficient (Wildman–Crippen LogP) is 4.58. The van der Waals surface area contributed by atoms with Crippen LogP contribution in [0.25, 0.3) is 22.4 Å². The standard InChI is InChI=1S/C29H40N4O4/c1-18(2)12-25(29(35)37-19(3)4)30-15-22-6-7-26-24(14-22)32-27(23-13-20(5)28(34)31-16-23)33(26)17-21-8-10-36-11-9-21/h6-7,13-14,16,18-19,21,25,30H,8-12,15,17H2,1-5H3,(H,31,34). The summed E-state index contributed by atoms with van der Waals surface area (Å²) in [6.07, 6.45) is 4.36. The van der Waals surface area contributed by atoms with Gasteiger partial charge in [0, 0.05) is 43.6 Å². The minimum Gasteiger partial charge on any atom is -0.462 e. The van der Waals surface area contributed by atoms with Crippen molar-refractivity contribution in [3.63, 3.8) is 0 Å². The fourth-order valence-electron chi connectivity index (χ4n) is 4.89. The maximum Gasteiger partial charge on any atom is 0.323 e. The van der Waals surface area contributed by atoms with Crippen LogP contribution in [-0.2, 0) is 27.4 Å². The highest BCUT2D eigenvalue weighted by molar-refractivity contribution is 5.81. The van der Waals surface area contributed by atoms with E-state index in [1.165, 1.54) is 0 Å². The first-order chi connectivity index (χ1) is 17.7. The van der Waals surface area contributed by atoms with Crippen LogP contribution in [0.4, 0.5) is 0 Å². The number of imidazole rings is 1. The third-order valence-electron chi connectivity index (χ3n) is 6.84. The summed E-state index contributed by atoms with van der Waals surface area (Å²) in [7, 11) is 0. The summed E-state index contributed by atoms with van der Waals surface area (Å²) in [5.74, 6) is 1.52. The zero-order valence-corrected chi connectivity index (χ0v) is 22.7. The van der Waals surface area contributed by atoms with Crippen molar-refractivity contribution in [2.24, 2.45) is 11.8 Å². The number of aromatic nitrogens is 3. The van der Waals surface area contributed by atoms with E-state index in [1.54, 1.807) is 6.20 Å². The van der Waals surface area contributed by atoms with E-state index >= 15 is 0 Å². The predicted molar refractivity (Wildman–Crippen MR) is 145 cm³/mol. The maximum absolute atomic E-state index is 12.6. The van der Waals surface area contributed by atoms with Gasteiger partial charge in [0.15, 0.2) is 0 Å². The minimum absolute atomic E-state index is 0.0869. The third-order valence-corrected chi connectivity index (χ3v) is 6.84. The molecule has 0 bridgehead atoms. The third kappa shape index (κ3) is 6.87. The van der Waals surface area contributed by atoms with Crippen LogP contribution in [0.5, 0.6) is 0 Å². The number of nitrogens with zero attached hydrogens (tertiary/aromatic N) is 2. The molecule has 37 heavy (non-hydrogen) atoms. The van der Waals surface area contributed by atoms with E-state index in [4.69, 9.17) is 14.5 Å². The number of hydrogen-bond acceptors (Lipinski definition) is 6. The van der Waals surface area contributed by atoms with Crippen LogP contribution in [0, 0.1) is 18.8 Å². The lowest BCUT2D eigenvalue weighted by molar-refractivity contribution is -0.150. The molecule has 1 aliphatic rings. The molecule has 3 aromatic rings. The lowest BCUT2D eigenvalue weighted by Crippen LogP contribution is -2.39. The zero-order valence-electron chi connectivity index (χ0n) is 22.7. The summed E-state index contributed by atoms with van der Waals surface area (Å²) in [4.78, 5) is 32.5. The van der Waals surface area contributed by atoms with Gasteiger partial charge in [-0.3, -0.25) is 9.59 Å². The number of fused-ring (bicyclic) bond motifs is 1. The molecule has 4 rings (SSSR count). The number of H-pyrrole nitrogens is 1. The molecule has 0 aliphatic carbocycles. The van der Waals surface area contributed by atoms with Crippen LogP contribution in [0.3, 0.4) is 0 Å². The molecular formula is C29H40N4O4. The second kappa shape index (κ2) is 12.0. The largest absolute Gasteiger partial charge is 0.462 e. The Balaban J connectivity index is 1.63. The number of esters is 1. The van der Waals surface area contributed by atoms with Gasteiger partial charge in [-0.15, -0.1) is 0 Å². The summed E-state index contributed by atoms with van der Waals surface area (Å²) < 4.78 is 13.3. The summed E-state index contributed by atoms with van der Waals surface area (Å²) in [5.41, 5.74) is 4.49. The molecule has 1 unspecified atom stereocenters. The van der Waals surface area contributed by atoms with Crippen molar-refractivity contribution < 1.29 is 14.3 Å². The van der Waals surface area contributed by atoms with E-state index in [-0.39, 0.29) is 23.7 Å². The highest BCUT2D eigenvalue weighted by Gasteiger charge is 2.23. The molecule has 8 nitrogen and oxygen atoms in total. The summed E-state index contributed by atoms with van der Waals surface area (Å²) in [6.45, 7) is 12.7. The Morgan fingerprint density at radius 3 is 2.65 bits per heavy atom. The number of ether oxygens (including phenoxy) is 2. The van der Waals surface area contributed by atoms with Crippen LogP contribution in [0.2, 0.25) is 0 Å². The van der Waals surface area contributed by atoms with Gasteiger partial charge in [-0.25, -0.2) is 4.98 Å². The normalized spacial score (nSPS) is 15.5. The quantitative estimate of drug-likeness (QED) is 0.389. The van der Waals surface area contributed by atoms with Crippen molar-refractivity contribution in [1.29, 1.82) is 0 Å². The molecule has 1 fully saturated rings. The fraction of sp³-hybridized carbons (Fsp3) is 0.552. The summed E-state index contributed by atoms with van der Waals surface area (Å²) >= 11 is 0. The molecule has 200 valence electrons. The van der Waals surface area contributed by atoms with Crippen molar-refractivity contribution in [2.75, 3.05) is 13.2 Å². The minimum atomic E-state index is -0.358. The first kappa shape index (κ1) is 27.1. The van der Waals surface area contributed by atoms with E-state index in [1.807, 2.05) is 26.8 Å². The topological polar surface area (TPSA) is 98.2 Å². The Morgan fingerprint density at radius 2 is 1.97 bits per heavy atom. The molecule has 0 saturated carbocycles. The average Bonchev–Trinajstić information content (AvgIpc) is 3.21. The lowest BCUT2D eigenvalue weighted by atomic mass is 10.00. The van der Waals surface area contributed by atoms with Crippen molar-refractivity contribution in [2.45, 2.75) is 79.1 Å². The van der Waals surface area contributed by atoms with E-state index in [0.29, 0.717) is 30.4 Å². The van der Waals surface area contributed by atoms with E-state index in [2.05, 4.69) is 46.9 Å². The number of pyridine rings is 1. The van der Waals surface area contributed by atoms with Crippen molar-refractivity contribution in [3.05, 3.63) is 51.9 Å². The van der Waals surface area contributed by atoms with E-state index in [0.717, 1.165) is 60.6 Å². The summed E-state index contributed by atoms with van der Waals surface area (Å²) in [5, 5.41) is 3.41. The van der Waals surface area contributed by atoms with Crippen LogP contribution < -0.4 is 10.9 Å². The molecule has 1 atom stereocenters. The Morgan fingerprint density at radius 1 is 1.22 bits per heavy atom. The van der Waals surface area contributed by atoms with Crippen LogP contribution in [0.15, 0.2) is 35.3 Å². The number of hydrogen-bond donors (Lipinski definition) is 2. The molecule has 8 heteroatoms. The second-order valence-electron chi connectivity index (χ2n) is 10.9. The highest BCUT2D eigenvalue weighted by Crippen LogP contribution is 2.28. The molecule has 0 amide bonds. The highest BCUT2D eigenvalue weighted by atomic mass is 16.5. The molecule has 1 aliphatic heterocycles. The van der Waals surface area contributed by atoms with Crippen LogP contribution >= 0.6 is 0 Å². The average molecular weight is 509 g/mol. The van der Waals surface area contributed by atoms with Gasteiger partial charge >= 0.3 is 5.97 Å². The molecule has 2 N–H and O–H groups in total. The molecule has 3 heterocycles. The number of nitrogens with one attached hydrogen (secondary N) is 2. The number of carbonyl (C=O) groups excluding carboxylic acids is 1. The Labute approximate surface area is 218 Å². The van der Waals surface area contributed by atoms with Gasteiger partial charge in [-0.1, -0.05) is 19.9 Å². The van der Waals surface area contributed by atoms with Crippen molar-refractivity contribution in [3.8, 4) is 11.4 Å². The first-order valence-electron chi connectivity index (χ1n) is 13.4. The first-order valence-corrected chi connectivity index (χ1v) is 13.4. The van der Waals surface area contributed by atoms with Gasteiger partial charge in [-0.2, -0.15) is 0 Å². The number of benzene rings is 1. The monoisotopic (exact) mass is 508 g/mol.